The second-order valence-corrected chi connectivity index (χ2v) is 4.79. The topological polar surface area (TPSA) is 61.8 Å². The summed E-state index contributed by atoms with van der Waals surface area (Å²) >= 11 is 0. The molecule has 1 saturated heterocycles. The van der Waals surface area contributed by atoms with Gasteiger partial charge in [0.15, 0.2) is 0 Å². The fraction of sp³-hybridized carbons (Fsp3) is 0.909. The van der Waals surface area contributed by atoms with Crippen molar-refractivity contribution in [3.63, 3.8) is 0 Å². The van der Waals surface area contributed by atoms with Crippen molar-refractivity contribution >= 4 is 6.03 Å². The third-order valence-corrected chi connectivity index (χ3v) is 2.50. The first-order valence-corrected chi connectivity index (χ1v) is 5.80. The predicted molar refractivity (Wildman–Crippen MR) is 61.3 cm³/mol. The minimum Gasteiger partial charge on any atom is -0.394 e. The van der Waals surface area contributed by atoms with Gasteiger partial charge in [-0.3, -0.25) is 0 Å². The van der Waals surface area contributed by atoms with Gasteiger partial charge in [0, 0.05) is 6.54 Å². The van der Waals surface area contributed by atoms with Crippen LogP contribution in [0.2, 0.25) is 0 Å². The molecule has 1 aliphatic heterocycles. The highest BCUT2D eigenvalue weighted by atomic mass is 16.5. The van der Waals surface area contributed by atoms with Gasteiger partial charge < -0.3 is 20.1 Å². The molecule has 1 heterocycles. The third kappa shape index (κ3) is 3.64. The van der Waals surface area contributed by atoms with E-state index in [0.29, 0.717) is 19.6 Å². The molecule has 94 valence electrons. The quantitative estimate of drug-likeness (QED) is 0.745. The van der Waals surface area contributed by atoms with E-state index in [2.05, 4.69) is 5.32 Å². The summed E-state index contributed by atoms with van der Waals surface area (Å²) in [6.07, 6.45) is 0.638. The number of amides is 2. The minimum atomic E-state index is -0.394. The molecule has 0 bridgehead atoms. The number of rotatable bonds is 3. The number of nitrogens with one attached hydrogen (secondary N) is 1. The van der Waals surface area contributed by atoms with Gasteiger partial charge in [-0.25, -0.2) is 4.79 Å². The fourth-order valence-electron chi connectivity index (χ4n) is 1.89. The molecule has 16 heavy (non-hydrogen) atoms. The summed E-state index contributed by atoms with van der Waals surface area (Å²) in [5.74, 6) is 0. The lowest BCUT2D eigenvalue weighted by Gasteiger charge is -2.42. The van der Waals surface area contributed by atoms with E-state index in [1.54, 1.807) is 4.90 Å². The van der Waals surface area contributed by atoms with Crippen LogP contribution in [0.4, 0.5) is 4.79 Å². The molecule has 0 spiro atoms. The van der Waals surface area contributed by atoms with Gasteiger partial charge in [0.05, 0.1) is 31.4 Å². The Hall–Kier alpha value is -0.810. The van der Waals surface area contributed by atoms with Crippen molar-refractivity contribution in [1.82, 2.24) is 10.2 Å². The first kappa shape index (κ1) is 13.3. The number of nitrogens with zero attached hydrogens (tertiary/aromatic N) is 1. The Morgan fingerprint density at radius 3 is 2.88 bits per heavy atom. The van der Waals surface area contributed by atoms with Crippen molar-refractivity contribution < 1.29 is 14.6 Å². The van der Waals surface area contributed by atoms with Crippen molar-refractivity contribution in [3.05, 3.63) is 0 Å². The number of aliphatic hydroxyl groups excluding tert-OH is 1. The summed E-state index contributed by atoms with van der Waals surface area (Å²) in [6.45, 7) is 7.50. The van der Waals surface area contributed by atoms with Crippen LogP contribution in [0.5, 0.6) is 0 Å². The standard InChI is InChI=1S/C11H22N2O3/c1-4-5-12-10(15)13-6-9(7-14)16-11(2,3)8-13/h9,14H,4-8H2,1-3H3,(H,12,15). The Labute approximate surface area is 96.8 Å². The van der Waals surface area contributed by atoms with Crippen LogP contribution in [-0.4, -0.2) is 54.0 Å². The largest absolute Gasteiger partial charge is 0.394 e. The Balaban J connectivity index is 2.55. The van der Waals surface area contributed by atoms with Crippen LogP contribution in [0, 0.1) is 0 Å². The van der Waals surface area contributed by atoms with Crippen LogP contribution < -0.4 is 5.32 Å². The average Bonchev–Trinajstić information content (AvgIpc) is 2.23. The number of urea groups is 1. The maximum Gasteiger partial charge on any atom is 0.317 e. The van der Waals surface area contributed by atoms with E-state index in [1.165, 1.54) is 0 Å². The zero-order chi connectivity index (χ0) is 12.2. The minimum absolute atomic E-state index is 0.0546. The highest BCUT2D eigenvalue weighted by Gasteiger charge is 2.35. The van der Waals surface area contributed by atoms with Crippen LogP contribution in [0.15, 0.2) is 0 Å². The molecule has 5 nitrogen and oxygen atoms in total. The molecule has 0 aromatic heterocycles. The molecular formula is C11H22N2O3. The van der Waals surface area contributed by atoms with Gasteiger partial charge >= 0.3 is 6.03 Å². The Bertz CT molecular complexity index is 243. The first-order chi connectivity index (χ1) is 7.48. The summed E-state index contributed by atoms with van der Waals surface area (Å²) in [5, 5.41) is 11.9. The zero-order valence-electron chi connectivity index (χ0n) is 10.3. The summed E-state index contributed by atoms with van der Waals surface area (Å²) in [5.41, 5.74) is -0.394. The van der Waals surface area contributed by atoms with E-state index in [0.717, 1.165) is 6.42 Å². The van der Waals surface area contributed by atoms with Gasteiger partial charge in [-0.05, 0) is 20.3 Å². The lowest BCUT2D eigenvalue weighted by molar-refractivity contribution is -0.138. The lowest BCUT2D eigenvalue weighted by atomic mass is 10.1. The van der Waals surface area contributed by atoms with Crippen LogP contribution >= 0.6 is 0 Å². The van der Waals surface area contributed by atoms with E-state index < -0.39 is 5.60 Å². The Morgan fingerprint density at radius 2 is 2.31 bits per heavy atom. The van der Waals surface area contributed by atoms with Gasteiger partial charge in [0.25, 0.3) is 0 Å². The fourth-order valence-corrected chi connectivity index (χ4v) is 1.89. The second-order valence-electron chi connectivity index (χ2n) is 4.79. The molecule has 0 aromatic carbocycles. The molecule has 0 aromatic rings. The van der Waals surface area contributed by atoms with Crippen LogP contribution in [0.1, 0.15) is 27.2 Å². The SMILES string of the molecule is CCCNC(=O)N1CC(CO)OC(C)(C)C1. The lowest BCUT2D eigenvalue weighted by Crippen LogP contribution is -2.57. The van der Waals surface area contributed by atoms with Gasteiger partial charge in [0.1, 0.15) is 0 Å². The number of aliphatic hydroxyl groups is 1. The monoisotopic (exact) mass is 230 g/mol. The molecule has 5 heteroatoms. The van der Waals surface area contributed by atoms with Gasteiger partial charge in [-0.2, -0.15) is 0 Å². The van der Waals surface area contributed by atoms with E-state index in [1.807, 2.05) is 20.8 Å². The molecule has 0 saturated carbocycles. The smallest absolute Gasteiger partial charge is 0.317 e. The number of hydrogen-bond acceptors (Lipinski definition) is 3. The molecule has 1 atom stereocenters. The van der Waals surface area contributed by atoms with Crippen LogP contribution in [-0.2, 0) is 4.74 Å². The van der Waals surface area contributed by atoms with Gasteiger partial charge in [-0.15, -0.1) is 0 Å². The Kier molecular flexibility index (Phi) is 4.56. The Morgan fingerprint density at radius 1 is 1.62 bits per heavy atom. The molecule has 1 aliphatic rings. The molecule has 2 N–H and O–H groups in total. The third-order valence-electron chi connectivity index (χ3n) is 2.50. The number of morpholine rings is 1. The maximum absolute atomic E-state index is 11.8. The number of carbonyl (C=O) groups excluding carboxylic acids is 1. The van der Waals surface area contributed by atoms with Crippen molar-refractivity contribution in [2.24, 2.45) is 0 Å². The molecular weight excluding hydrogens is 208 g/mol. The second kappa shape index (κ2) is 5.50. The highest BCUT2D eigenvalue weighted by Crippen LogP contribution is 2.20. The molecule has 2 amide bonds. The predicted octanol–water partition coefficient (Wildman–Crippen LogP) is 0.578. The summed E-state index contributed by atoms with van der Waals surface area (Å²) in [7, 11) is 0. The van der Waals surface area contributed by atoms with E-state index >= 15 is 0 Å². The number of carbonyl (C=O) groups is 1. The normalized spacial score (nSPS) is 24.2. The van der Waals surface area contributed by atoms with E-state index in [4.69, 9.17) is 9.84 Å². The summed E-state index contributed by atoms with van der Waals surface area (Å²) < 4.78 is 5.64. The first-order valence-electron chi connectivity index (χ1n) is 5.80. The maximum atomic E-state index is 11.8. The summed E-state index contributed by atoms with van der Waals surface area (Å²) in [6, 6.07) is -0.0725. The zero-order valence-corrected chi connectivity index (χ0v) is 10.3. The molecule has 1 fully saturated rings. The van der Waals surface area contributed by atoms with Crippen LogP contribution in [0.3, 0.4) is 0 Å². The van der Waals surface area contributed by atoms with Crippen molar-refractivity contribution in [2.45, 2.75) is 38.9 Å². The van der Waals surface area contributed by atoms with E-state index in [9.17, 15) is 4.79 Å². The van der Waals surface area contributed by atoms with Crippen molar-refractivity contribution in [2.75, 3.05) is 26.2 Å². The molecule has 0 radical (unpaired) electrons. The van der Waals surface area contributed by atoms with Crippen molar-refractivity contribution in [3.8, 4) is 0 Å². The van der Waals surface area contributed by atoms with E-state index in [-0.39, 0.29) is 18.7 Å². The molecule has 1 rings (SSSR count). The summed E-state index contributed by atoms with van der Waals surface area (Å²) in [4.78, 5) is 13.5. The number of ether oxygens (including phenoxy) is 1. The number of hydrogen-bond donors (Lipinski definition) is 2. The molecule has 1 unspecified atom stereocenters. The highest BCUT2D eigenvalue weighted by molar-refractivity contribution is 5.74. The van der Waals surface area contributed by atoms with Crippen molar-refractivity contribution in [1.29, 1.82) is 0 Å². The molecule has 0 aliphatic carbocycles. The van der Waals surface area contributed by atoms with Gasteiger partial charge in [0.2, 0.25) is 0 Å². The van der Waals surface area contributed by atoms with Gasteiger partial charge in [-0.1, -0.05) is 6.92 Å². The average molecular weight is 230 g/mol. The van der Waals surface area contributed by atoms with Crippen LogP contribution in [0.25, 0.3) is 0 Å².